The van der Waals surface area contributed by atoms with Gasteiger partial charge in [-0.2, -0.15) is 0 Å². The van der Waals surface area contributed by atoms with E-state index in [9.17, 15) is 4.79 Å². The molecule has 27 heavy (non-hydrogen) atoms. The second-order valence-corrected chi connectivity index (χ2v) is 7.19. The maximum Gasteiger partial charge on any atom is 0.247 e. The SMILES string of the molecule is CC(=Cc1cc(C)c(-c2ccc3[nH]ccc3c2)cc1C)C(=O)N[C@H](C)CO. The van der Waals surface area contributed by atoms with Crippen molar-refractivity contribution in [1.82, 2.24) is 10.3 Å². The van der Waals surface area contributed by atoms with Crippen LogP contribution >= 0.6 is 0 Å². The highest BCUT2D eigenvalue weighted by Gasteiger charge is 2.11. The zero-order chi connectivity index (χ0) is 19.6. The largest absolute Gasteiger partial charge is 0.394 e. The molecule has 1 amide bonds. The zero-order valence-corrected chi connectivity index (χ0v) is 16.3. The number of aliphatic hydroxyl groups excluding tert-OH is 1. The fraction of sp³-hybridized carbons (Fsp3) is 0.261. The van der Waals surface area contributed by atoms with Crippen LogP contribution in [-0.4, -0.2) is 28.6 Å². The Bertz CT molecular complexity index is 1010. The number of aryl methyl sites for hydroxylation is 2. The zero-order valence-electron chi connectivity index (χ0n) is 16.3. The van der Waals surface area contributed by atoms with Gasteiger partial charge in [-0.05, 0) is 85.2 Å². The summed E-state index contributed by atoms with van der Waals surface area (Å²) in [6.45, 7) is 7.65. The fourth-order valence-corrected chi connectivity index (χ4v) is 3.21. The smallest absolute Gasteiger partial charge is 0.247 e. The van der Waals surface area contributed by atoms with Gasteiger partial charge in [-0.15, -0.1) is 0 Å². The Kier molecular flexibility index (Phi) is 5.47. The second kappa shape index (κ2) is 7.80. The summed E-state index contributed by atoms with van der Waals surface area (Å²) in [5.74, 6) is -0.157. The summed E-state index contributed by atoms with van der Waals surface area (Å²) < 4.78 is 0. The van der Waals surface area contributed by atoms with Gasteiger partial charge in [-0.1, -0.05) is 18.2 Å². The number of hydrogen-bond donors (Lipinski definition) is 3. The molecule has 1 aromatic heterocycles. The van der Waals surface area contributed by atoms with Gasteiger partial charge in [0.15, 0.2) is 0 Å². The molecule has 4 heteroatoms. The van der Waals surface area contributed by atoms with Crippen LogP contribution in [-0.2, 0) is 4.79 Å². The Balaban J connectivity index is 1.92. The van der Waals surface area contributed by atoms with Crippen molar-refractivity contribution in [2.75, 3.05) is 6.61 Å². The quantitative estimate of drug-likeness (QED) is 0.591. The van der Waals surface area contributed by atoms with Crippen LogP contribution in [0.2, 0.25) is 0 Å². The van der Waals surface area contributed by atoms with E-state index in [1.807, 2.05) is 12.3 Å². The molecule has 0 aliphatic heterocycles. The number of carbonyl (C=O) groups excluding carboxylic acids is 1. The minimum atomic E-state index is -0.255. The lowest BCUT2D eigenvalue weighted by atomic mass is 9.93. The third-order valence-corrected chi connectivity index (χ3v) is 4.86. The molecule has 0 spiro atoms. The van der Waals surface area contributed by atoms with Gasteiger partial charge in [-0.25, -0.2) is 0 Å². The van der Waals surface area contributed by atoms with E-state index in [0.717, 1.165) is 16.6 Å². The summed E-state index contributed by atoms with van der Waals surface area (Å²) in [5.41, 5.74) is 7.45. The Labute approximate surface area is 159 Å². The van der Waals surface area contributed by atoms with Gasteiger partial charge in [0.2, 0.25) is 5.91 Å². The molecule has 0 saturated carbocycles. The first kappa shape index (κ1) is 18.9. The van der Waals surface area contributed by atoms with E-state index < -0.39 is 0 Å². The van der Waals surface area contributed by atoms with E-state index in [4.69, 9.17) is 5.11 Å². The summed E-state index contributed by atoms with van der Waals surface area (Å²) in [7, 11) is 0. The number of H-pyrrole nitrogens is 1. The molecule has 3 N–H and O–H groups in total. The number of aromatic amines is 1. The Morgan fingerprint density at radius 2 is 1.96 bits per heavy atom. The Hall–Kier alpha value is -2.85. The molecule has 4 nitrogen and oxygen atoms in total. The average molecular weight is 362 g/mol. The van der Waals surface area contributed by atoms with Crippen molar-refractivity contribution in [3.8, 4) is 11.1 Å². The highest BCUT2D eigenvalue weighted by Crippen LogP contribution is 2.30. The first-order valence-electron chi connectivity index (χ1n) is 9.18. The molecule has 0 radical (unpaired) electrons. The van der Waals surface area contributed by atoms with Crippen LogP contribution in [0.15, 0.2) is 48.2 Å². The number of carbonyl (C=O) groups is 1. The van der Waals surface area contributed by atoms with Crippen LogP contribution in [0.25, 0.3) is 28.1 Å². The molecular weight excluding hydrogens is 336 g/mol. The third kappa shape index (κ3) is 4.12. The monoisotopic (exact) mass is 362 g/mol. The lowest BCUT2D eigenvalue weighted by Gasteiger charge is -2.13. The molecule has 0 fully saturated rings. The Morgan fingerprint density at radius 3 is 2.70 bits per heavy atom. The van der Waals surface area contributed by atoms with E-state index in [1.165, 1.54) is 22.1 Å². The first-order chi connectivity index (χ1) is 12.9. The van der Waals surface area contributed by atoms with Gasteiger partial charge in [0.1, 0.15) is 0 Å². The first-order valence-corrected chi connectivity index (χ1v) is 9.18. The van der Waals surface area contributed by atoms with Crippen molar-refractivity contribution in [3.63, 3.8) is 0 Å². The minimum absolute atomic E-state index is 0.0721. The van der Waals surface area contributed by atoms with Crippen molar-refractivity contribution < 1.29 is 9.90 Å². The highest BCUT2D eigenvalue weighted by molar-refractivity contribution is 5.97. The third-order valence-electron chi connectivity index (χ3n) is 4.86. The average Bonchev–Trinajstić information content (AvgIpc) is 3.11. The molecule has 140 valence electrons. The summed E-state index contributed by atoms with van der Waals surface area (Å²) in [6, 6.07) is 12.5. The van der Waals surface area contributed by atoms with Crippen LogP contribution in [0.1, 0.15) is 30.5 Å². The molecular formula is C23H26N2O2. The van der Waals surface area contributed by atoms with Crippen LogP contribution < -0.4 is 5.32 Å². The number of amides is 1. The van der Waals surface area contributed by atoms with Crippen LogP contribution in [0, 0.1) is 13.8 Å². The van der Waals surface area contributed by atoms with E-state index >= 15 is 0 Å². The van der Waals surface area contributed by atoms with E-state index in [2.05, 4.69) is 60.5 Å². The molecule has 0 saturated heterocycles. The van der Waals surface area contributed by atoms with Crippen molar-refractivity contribution in [3.05, 3.63) is 64.9 Å². The number of rotatable bonds is 5. The predicted octanol–water partition coefficient (Wildman–Crippen LogP) is 4.35. The minimum Gasteiger partial charge on any atom is -0.394 e. The van der Waals surface area contributed by atoms with Gasteiger partial charge in [0.05, 0.1) is 6.61 Å². The van der Waals surface area contributed by atoms with Crippen LogP contribution in [0.5, 0.6) is 0 Å². The van der Waals surface area contributed by atoms with Gasteiger partial charge in [-0.3, -0.25) is 4.79 Å². The summed E-state index contributed by atoms with van der Waals surface area (Å²) in [6.07, 6.45) is 3.85. The van der Waals surface area contributed by atoms with Crippen molar-refractivity contribution in [1.29, 1.82) is 0 Å². The van der Waals surface area contributed by atoms with Crippen LogP contribution in [0.4, 0.5) is 0 Å². The molecule has 3 aromatic rings. The summed E-state index contributed by atoms with van der Waals surface area (Å²) >= 11 is 0. The summed E-state index contributed by atoms with van der Waals surface area (Å²) in [5, 5.41) is 13.1. The van der Waals surface area contributed by atoms with E-state index in [0.29, 0.717) is 5.57 Å². The number of aromatic nitrogens is 1. The molecule has 3 rings (SSSR count). The fourth-order valence-electron chi connectivity index (χ4n) is 3.21. The molecule has 2 aromatic carbocycles. The van der Waals surface area contributed by atoms with Gasteiger partial charge < -0.3 is 15.4 Å². The van der Waals surface area contributed by atoms with Crippen molar-refractivity contribution in [2.45, 2.75) is 33.7 Å². The number of nitrogens with one attached hydrogen (secondary N) is 2. The molecule has 0 aliphatic carbocycles. The molecule has 0 bridgehead atoms. The van der Waals surface area contributed by atoms with Crippen LogP contribution in [0.3, 0.4) is 0 Å². The highest BCUT2D eigenvalue weighted by atomic mass is 16.3. The van der Waals surface area contributed by atoms with Gasteiger partial charge in [0.25, 0.3) is 0 Å². The Morgan fingerprint density at radius 1 is 1.19 bits per heavy atom. The number of hydrogen-bond acceptors (Lipinski definition) is 2. The lowest BCUT2D eigenvalue weighted by Crippen LogP contribution is -2.35. The van der Waals surface area contributed by atoms with E-state index in [-0.39, 0.29) is 18.6 Å². The topological polar surface area (TPSA) is 65.1 Å². The standard InChI is InChI=1S/C23H26N2O2/c1-14-11-21(18-5-6-22-19(12-18)7-8-24-22)15(2)9-20(14)10-16(3)23(27)25-17(4)13-26/h5-12,17,24,26H,13H2,1-4H3,(H,25,27)/t17-/m1/s1. The molecule has 0 unspecified atom stereocenters. The van der Waals surface area contributed by atoms with Gasteiger partial charge >= 0.3 is 0 Å². The lowest BCUT2D eigenvalue weighted by molar-refractivity contribution is -0.118. The summed E-state index contributed by atoms with van der Waals surface area (Å²) in [4.78, 5) is 15.4. The molecule has 1 atom stereocenters. The molecule has 1 heterocycles. The maximum atomic E-state index is 12.2. The van der Waals surface area contributed by atoms with Crippen molar-refractivity contribution in [2.24, 2.45) is 0 Å². The molecule has 0 aliphatic rings. The van der Waals surface area contributed by atoms with Crippen molar-refractivity contribution >= 4 is 22.9 Å². The van der Waals surface area contributed by atoms with E-state index in [1.54, 1.807) is 13.8 Å². The predicted molar refractivity (Wildman–Crippen MR) is 112 cm³/mol. The van der Waals surface area contributed by atoms with Gasteiger partial charge in [0, 0.05) is 23.3 Å². The number of aliphatic hydroxyl groups is 1. The number of benzene rings is 2. The normalized spacial score (nSPS) is 13.0. The maximum absolute atomic E-state index is 12.2. The number of fused-ring (bicyclic) bond motifs is 1. The second-order valence-electron chi connectivity index (χ2n) is 7.19.